The monoisotopic (exact) mass is 385 g/mol. The van der Waals surface area contributed by atoms with Crippen molar-refractivity contribution in [3.05, 3.63) is 63.4 Å². The molecule has 9 heteroatoms. The van der Waals surface area contributed by atoms with Crippen molar-refractivity contribution in [1.82, 2.24) is 24.9 Å². The van der Waals surface area contributed by atoms with E-state index in [0.29, 0.717) is 16.8 Å². The highest BCUT2D eigenvalue weighted by atomic mass is 35.5. The Kier molecular flexibility index (Phi) is 4.49. The first-order valence-electron chi connectivity index (χ1n) is 8.45. The zero-order valence-electron chi connectivity index (χ0n) is 14.5. The van der Waals surface area contributed by atoms with Gasteiger partial charge in [-0.1, -0.05) is 11.6 Å². The fourth-order valence-corrected chi connectivity index (χ4v) is 2.81. The normalized spacial score (nSPS) is 13.6. The molecule has 3 aromatic rings. The van der Waals surface area contributed by atoms with Gasteiger partial charge in [0.15, 0.2) is 0 Å². The maximum absolute atomic E-state index is 12.9. The average Bonchev–Trinajstić information content (AvgIpc) is 3.40. The smallest absolute Gasteiger partial charge is 0.275 e. The predicted molar refractivity (Wildman–Crippen MR) is 97.1 cm³/mol. The molecule has 1 aliphatic rings. The number of amides is 1. The molecule has 27 heavy (non-hydrogen) atoms. The first-order valence-corrected chi connectivity index (χ1v) is 8.83. The molecule has 138 valence electrons. The molecule has 2 aromatic heterocycles. The zero-order valence-corrected chi connectivity index (χ0v) is 15.3. The number of rotatable bonds is 5. The Labute approximate surface area is 159 Å². The van der Waals surface area contributed by atoms with Gasteiger partial charge in [0.1, 0.15) is 5.69 Å². The molecule has 0 radical (unpaired) electrons. The number of nitrogens with zero attached hydrogens (tertiary/aromatic N) is 5. The van der Waals surface area contributed by atoms with E-state index < -0.39 is 0 Å². The highest BCUT2D eigenvalue weighted by Crippen LogP contribution is 2.30. The van der Waals surface area contributed by atoms with Crippen LogP contribution >= 0.6 is 11.6 Å². The number of aryl methyl sites for hydroxylation is 1. The van der Waals surface area contributed by atoms with Crippen LogP contribution in [0.25, 0.3) is 11.5 Å². The van der Waals surface area contributed by atoms with Crippen molar-refractivity contribution in [2.75, 3.05) is 0 Å². The topological polar surface area (TPSA) is 94.1 Å². The van der Waals surface area contributed by atoms with Crippen LogP contribution in [0, 0.1) is 0 Å². The number of hydrogen-bond acceptors (Lipinski definition) is 6. The minimum absolute atomic E-state index is 0.113. The number of carbonyl (C=O) groups is 1. The van der Waals surface area contributed by atoms with E-state index in [0.717, 1.165) is 23.1 Å². The first kappa shape index (κ1) is 17.4. The Hall–Kier alpha value is -3.00. The molecule has 1 saturated carbocycles. The van der Waals surface area contributed by atoms with Gasteiger partial charge in [-0.15, -0.1) is 10.2 Å². The molecule has 0 spiro atoms. The van der Waals surface area contributed by atoms with E-state index in [1.807, 2.05) is 0 Å². The maximum Gasteiger partial charge on any atom is 0.275 e. The van der Waals surface area contributed by atoms with Gasteiger partial charge >= 0.3 is 0 Å². The maximum atomic E-state index is 12.9. The highest BCUT2D eigenvalue weighted by molar-refractivity contribution is 6.30. The van der Waals surface area contributed by atoms with Gasteiger partial charge in [-0.3, -0.25) is 9.59 Å². The van der Waals surface area contributed by atoms with Crippen molar-refractivity contribution >= 4 is 17.5 Å². The molecule has 4 rings (SSSR count). The van der Waals surface area contributed by atoms with Crippen LogP contribution in [0.1, 0.15) is 29.2 Å². The molecule has 8 nitrogen and oxygen atoms in total. The summed E-state index contributed by atoms with van der Waals surface area (Å²) in [6.07, 6.45) is 1.82. The summed E-state index contributed by atoms with van der Waals surface area (Å²) in [4.78, 5) is 26.0. The third kappa shape index (κ3) is 3.75. The second kappa shape index (κ2) is 6.96. The molecule has 0 N–H and O–H groups in total. The van der Waals surface area contributed by atoms with Crippen LogP contribution in [0.4, 0.5) is 0 Å². The van der Waals surface area contributed by atoms with Crippen molar-refractivity contribution in [3.8, 4) is 11.5 Å². The van der Waals surface area contributed by atoms with Crippen molar-refractivity contribution < 1.29 is 9.21 Å². The summed E-state index contributed by atoms with van der Waals surface area (Å²) >= 11 is 5.89. The van der Waals surface area contributed by atoms with Crippen LogP contribution in [-0.4, -0.2) is 36.8 Å². The molecule has 2 heterocycles. The van der Waals surface area contributed by atoms with Gasteiger partial charge in [0.2, 0.25) is 11.8 Å². The lowest BCUT2D eigenvalue weighted by Gasteiger charge is -2.20. The molecule has 0 unspecified atom stereocenters. The van der Waals surface area contributed by atoms with Gasteiger partial charge in [0.05, 0.1) is 6.54 Å². The summed E-state index contributed by atoms with van der Waals surface area (Å²) in [5.41, 5.74) is 0.692. The molecular formula is C18H16ClN5O3. The van der Waals surface area contributed by atoms with Crippen LogP contribution in [0.2, 0.25) is 5.02 Å². The molecule has 0 bridgehead atoms. The summed E-state index contributed by atoms with van der Waals surface area (Å²) in [7, 11) is 1.51. The van der Waals surface area contributed by atoms with Gasteiger partial charge in [-0.2, -0.15) is 5.10 Å². The van der Waals surface area contributed by atoms with E-state index in [1.165, 1.54) is 19.2 Å². The lowest BCUT2D eigenvalue weighted by molar-refractivity contribution is 0.0706. The van der Waals surface area contributed by atoms with E-state index in [-0.39, 0.29) is 29.7 Å². The van der Waals surface area contributed by atoms with Crippen molar-refractivity contribution in [2.45, 2.75) is 25.4 Å². The second-order valence-corrected chi connectivity index (χ2v) is 6.79. The second-order valence-electron chi connectivity index (χ2n) is 6.35. The fourth-order valence-electron chi connectivity index (χ4n) is 2.69. The standard InChI is InChI=1S/C18H16ClN5O3/c1-23-16(25)9-8-14(22-23)18(26)24(13-6-7-13)10-15-20-21-17(27-15)11-2-4-12(19)5-3-11/h2-5,8-9,13H,6-7,10H2,1H3. The Morgan fingerprint density at radius 3 is 2.63 bits per heavy atom. The highest BCUT2D eigenvalue weighted by Gasteiger charge is 2.35. The Balaban J connectivity index is 1.55. The molecule has 0 atom stereocenters. The van der Waals surface area contributed by atoms with Gasteiger partial charge in [0, 0.05) is 29.7 Å². The average molecular weight is 386 g/mol. The molecule has 1 fully saturated rings. The third-order valence-corrected chi connectivity index (χ3v) is 4.54. The van der Waals surface area contributed by atoms with E-state index in [9.17, 15) is 9.59 Å². The molecule has 1 aliphatic carbocycles. The van der Waals surface area contributed by atoms with Gasteiger partial charge < -0.3 is 9.32 Å². The lowest BCUT2D eigenvalue weighted by atomic mass is 10.2. The summed E-state index contributed by atoms with van der Waals surface area (Å²) in [6.45, 7) is 0.189. The summed E-state index contributed by atoms with van der Waals surface area (Å²) in [5, 5.41) is 12.8. The van der Waals surface area contributed by atoms with Crippen LogP contribution in [0.3, 0.4) is 0 Å². The zero-order chi connectivity index (χ0) is 19.0. The van der Waals surface area contributed by atoms with Gasteiger partial charge in [-0.05, 0) is 43.2 Å². The number of aromatic nitrogens is 4. The number of benzene rings is 1. The summed E-state index contributed by atoms with van der Waals surface area (Å²) in [5.74, 6) is 0.439. The molecular weight excluding hydrogens is 370 g/mol. The molecule has 1 aromatic carbocycles. The fraction of sp³-hybridized carbons (Fsp3) is 0.278. The van der Waals surface area contributed by atoms with Crippen LogP contribution in [0.15, 0.2) is 45.6 Å². The van der Waals surface area contributed by atoms with Crippen molar-refractivity contribution in [2.24, 2.45) is 7.05 Å². The van der Waals surface area contributed by atoms with Crippen molar-refractivity contribution in [1.29, 1.82) is 0 Å². The molecule has 0 aliphatic heterocycles. The Bertz CT molecular complexity index is 1040. The molecule has 0 saturated heterocycles. The predicted octanol–water partition coefficient (Wildman–Crippen LogP) is 2.29. The minimum Gasteiger partial charge on any atom is -0.419 e. The van der Waals surface area contributed by atoms with E-state index in [2.05, 4.69) is 15.3 Å². The SMILES string of the molecule is Cn1nc(C(=O)N(Cc2nnc(-c3ccc(Cl)cc3)o2)C2CC2)ccc1=O. The largest absolute Gasteiger partial charge is 0.419 e. The third-order valence-electron chi connectivity index (χ3n) is 4.29. The number of carbonyl (C=O) groups excluding carboxylic acids is 1. The number of hydrogen-bond donors (Lipinski definition) is 0. The Morgan fingerprint density at radius 1 is 1.22 bits per heavy atom. The van der Waals surface area contributed by atoms with Crippen LogP contribution < -0.4 is 5.56 Å². The lowest BCUT2D eigenvalue weighted by Crippen LogP contribution is -2.34. The summed E-state index contributed by atoms with van der Waals surface area (Å²) < 4.78 is 6.85. The Morgan fingerprint density at radius 2 is 1.96 bits per heavy atom. The van der Waals surface area contributed by atoms with Crippen LogP contribution in [-0.2, 0) is 13.6 Å². The van der Waals surface area contributed by atoms with E-state index >= 15 is 0 Å². The number of halogens is 1. The molecule has 1 amide bonds. The summed E-state index contributed by atoms with van der Waals surface area (Å²) in [6, 6.07) is 9.94. The quantitative estimate of drug-likeness (QED) is 0.668. The van der Waals surface area contributed by atoms with E-state index in [4.69, 9.17) is 16.0 Å². The van der Waals surface area contributed by atoms with Gasteiger partial charge in [-0.25, -0.2) is 4.68 Å². The first-order chi connectivity index (χ1) is 13.0. The minimum atomic E-state index is -0.269. The van der Waals surface area contributed by atoms with Crippen molar-refractivity contribution in [3.63, 3.8) is 0 Å². The van der Waals surface area contributed by atoms with Gasteiger partial charge in [0.25, 0.3) is 11.5 Å². The van der Waals surface area contributed by atoms with E-state index in [1.54, 1.807) is 29.2 Å². The van der Waals surface area contributed by atoms with Crippen LogP contribution in [0.5, 0.6) is 0 Å².